The predicted octanol–water partition coefficient (Wildman–Crippen LogP) is 2.17. The highest BCUT2D eigenvalue weighted by Gasteiger charge is 2.11. The average molecular weight is 379 g/mol. The standard InChI is InChI=1S/C19H17N5O4/c25-18(21-22-19(26)15-7-9-17(10-8-15)24(27)28)11-6-14-12-20-23(13-14)16-4-2-1-3-5-16/h1-5,7-10,12-13H,6,11H2,(H,21,25)(H,22,26). The van der Waals surface area contributed by atoms with Crippen molar-refractivity contribution in [3.63, 3.8) is 0 Å². The van der Waals surface area contributed by atoms with Crippen molar-refractivity contribution in [3.05, 3.63) is 88.2 Å². The highest BCUT2D eigenvalue weighted by atomic mass is 16.6. The molecule has 3 rings (SSSR count). The summed E-state index contributed by atoms with van der Waals surface area (Å²) in [7, 11) is 0. The van der Waals surface area contributed by atoms with E-state index in [0.717, 1.165) is 11.3 Å². The van der Waals surface area contributed by atoms with Crippen LogP contribution in [0.1, 0.15) is 22.3 Å². The molecule has 3 aromatic rings. The summed E-state index contributed by atoms with van der Waals surface area (Å²) in [5, 5.41) is 14.9. The second-order valence-corrected chi connectivity index (χ2v) is 5.93. The van der Waals surface area contributed by atoms with E-state index >= 15 is 0 Å². The molecule has 0 bridgehead atoms. The minimum Gasteiger partial charge on any atom is -0.273 e. The number of hydrazine groups is 1. The number of amides is 2. The lowest BCUT2D eigenvalue weighted by atomic mass is 10.2. The third-order valence-corrected chi connectivity index (χ3v) is 3.95. The number of carbonyl (C=O) groups is 2. The van der Waals surface area contributed by atoms with Crippen molar-refractivity contribution in [2.75, 3.05) is 0 Å². The normalized spacial score (nSPS) is 10.3. The number of benzene rings is 2. The monoisotopic (exact) mass is 379 g/mol. The molecule has 0 aliphatic rings. The van der Waals surface area contributed by atoms with Crippen molar-refractivity contribution in [1.29, 1.82) is 0 Å². The Morgan fingerprint density at radius 1 is 1.04 bits per heavy atom. The summed E-state index contributed by atoms with van der Waals surface area (Å²) in [6.07, 6.45) is 4.17. The van der Waals surface area contributed by atoms with Gasteiger partial charge in [-0.05, 0) is 36.2 Å². The number of nitrogens with one attached hydrogen (secondary N) is 2. The Bertz CT molecular complexity index is 983. The van der Waals surface area contributed by atoms with Crippen LogP contribution in [0.15, 0.2) is 67.0 Å². The van der Waals surface area contributed by atoms with E-state index in [1.54, 1.807) is 10.9 Å². The van der Waals surface area contributed by atoms with Crippen molar-refractivity contribution >= 4 is 17.5 Å². The molecule has 1 heterocycles. The van der Waals surface area contributed by atoms with Crippen LogP contribution in [0.3, 0.4) is 0 Å². The molecule has 0 aliphatic carbocycles. The van der Waals surface area contributed by atoms with Crippen molar-refractivity contribution in [1.82, 2.24) is 20.6 Å². The van der Waals surface area contributed by atoms with Gasteiger partial charge in [0.05, 0.1) is 16.8 Å². The van der Waals surface area contributed by atoms with E-state index < -0.39 is 10.8 Å². The summed E-state index contributed by atoms with van der Waals surface area (Å²) < 4.78 is 1.73. The van der Waals surface area contributed by atoms with E-state index in [0.29, 0.717) is 6.42 Å². The van der Waals surface area contributed by atoms with Gasteiger partial charge in [0.25, 0.3) is 11.6 Å². The predicted molar refractivity (Wildman–Crippen MR) is 101 cm³/mol. The molecular weight excluding hydrogens is 362 g/mol. The number of aromatic nitrogens is 2. The molecule has 0 saturated carbocycles. The van der Waals surface area contributed by atoms with Crippen LogP contribution < -0.4 is 10.9 Å². The van der Waals surface area contributed by atoms with E-state index in [1.165, 1.54) is 24.3 Å². The molecule has 2 amide bonds. The Morgan fingerprint density at radius 2 is 1.75 bits per heavy atom. The molecule has 0 saturated heterocycles. The number of para-hydroxylation sites is 1. The smallest absolute Gasteiger partial charge is 0.269 e. The number of carbonyl (C=O) groups excluding carboxylic acids is 2. The molecule has 9 nitrogen and oxygen atoms in total. The van der Waals surface area contributed by atoms with Crippen LogP contribution in [0, 0.1) is 10.1 Å². The fourth-order valence-corrected chi connectivity index (χ4v) is 2.46. The number of rotatable bonds is 6. The first-order valence-electron chi connectivity index (χ1n) is 8.45. The Balaban J connectivity index is 1.46. The van der Waals surface area contributed by atoms with E-state index in [2.05, 4.69) is 16.0 Å². The van der Waals surface area contributed by atoms with Crippen LogP contribution in [0.4, 0.5) is 5.69 Å². The van der Waals surface area contributed by atoms with Gasteiger partial charge in [-0.25, -0.2) is 4.68 Å². The SMILES string of the molecule is O=C(CCc1cnn(-c2ccccc2)c1)NNC(=O)c1ccc([N+](=O)[O-])cc1. The number of non-ortho nitro benzene ring substituents is 1. The van der Waals surface area contributed by atoms with Gasteiger partial charge in [-0.2, -0.15) is 5.10 Å². The molecule has 28 heavy (non-hydrogen) atoms. The molecule has 9 heteroatoms. The van der Waals surface area contributed by atoms with Crippen molar-refractivity contribution < 1.29 is 14.5 Å². The summed E-state index contributed by atoms with van der Waals surface area (Å²) in [5.41, 5.74) is 6.52. The number of aryl methyl sites for hydroxylation is 1. The zero-order valence-corrected chi connectivity index (χ0v) is 14.7. The zero-order chi connectivity index (χ0) is 19.9. The lowest BCUT2D eigenvalue weighted by molar-refractivity contribution is -0.384. The number of nitro benzene ring substituents is 1. The molecule has 0 atom stereocenters. The third-order valence-electron chi connectivity index (χ3n) is 3.95. The van der Waals surface area contributed by atoms with Crippen LogP contribution in [-0.2, 0) is 11.2 Å². The quantitative estimate of drug-likeness (QED) is 0.502. The molecule has 1 aromatic heterocycles. The van der Waals surface area contributed by atoms with Crippen LogP contribution in [0.5, 0.6) is 0 Å². The fourth-order valence-electron chi connectivity index (χ4n) is 2.46. The average Bonchev–Trinajstić information content (AvgIpc) is 3.20. The maximum Gasteiger partial charge on any atom is 0.269 e. The molecular formula is C19H17N5O4. The Hall–Kier alpha value is -4.01. The van der Waals surface area contributed by atoms with E-state index in [4.69, 9.17) is 0 Å². The fraction of sp³-hybridized carbons (Fsp3) is 0.105. The molecule has 0 unspecified atom stereocenters. The number of hydrogen-bond donors (Lipinski definition) is 2. The van der Waals surface area contributed by atoms with Crippen molar-refractivity contribution in [2.24, 2.45) is 0 Å². The third kappa shape index (κ3) is 4.79. The second kappa shape index (κ2) is 8.58. The largest absolute Gasteiger partial charge is 0.273 e. The summed E-state index contributed by atoms with van der Waals surface area (Å²) in [5.74, 6) is -0.914. The number of hydrogen-bond acceptors (Lipinski definition) is 5. The van der Waals surface area contributed by atoms with Gasteiger partial charge in [0, 0.05) is 30.3 Å². The molecule has 0 aliphatic heterocycles. The summed E-state index contributed by atoms with van der Waals surface area (Å²) in [4.78, 5) is 33.9. The van der Waals surface area contributed by atoms with Gasteiger partial charge in [0.1, 0.15) is 0 Å². The number of nitrogens with zero attached hydrogens (tertiary/aromatic N) is 3. The first-order chi connectivity index (χ1) is 13.5. The highest BCUT2D eigenvalue weighted by Crippen LogP contribution is 2.12. The summed E-state index contributed by atoms with van der Waals surface area (Å²) in [6.45, 7) is 0. The first-order valence-corrected chi connectivity index (χ1v) is 8.45. The molecule has 142 valence electrons. The molecule has 0 radical (unpaired) electrons. The Kier molecular flexibility index (Phi) is 5.75. The second-order valence-electron chi connectivity index (χ2n) is 5.93. The van der Waals surface area contributed by atoms with Gasteiger partial charge in [-0.15, -0.1) is 0 Å². The summed E-state index contributed by atoms with van der Waals surface area (Å²) >= 11 is 0. The maximum atomic E-state index is 12.0. The van der Waals surface area contributed by atoms with Gasteiger partial charge in [-0.1, -0.05) is 18.2 Å². The van der Waals surface area contributed by atoms with Crippen LogP contribution >= 0.6 is 0 Å². The van der Waals surface area contributed by atoms with E-state index in [9.17, 15) is 19.7 Å². The van der Waals surface area contributed by atoms with E-state index in [1.807, 2.05) is 36.5 Å². The van der Waals surface area contributed by atoms with E-state index in [-0.39, 0.29) is 23.6 Å². The maximum absolute atomic E-state index is 12.0. The van der Waals surface area contributed by atoms with Crippen LogP contribution in [0.25, 0.3) is 5.69 Å². The highest BCUT2D eigenvalue weighted by molar-refractivity contribution is 5.95. The Morgan fingerprint density at radius 3 is 2.43 bits per heavy atom. The van der Waals surface area contributed by atoms with Gasteiger partial charge >= 0.3 is 0 Å². The van der Waals surface area contributed by atoms with Gasteiger partial charge in [-0.3, -0.25) is 30.6 Å². The minimum absolute atomic E-state index is 0.114. The lowest BCUT2D eigenvalue weighted by Crippen LogP contribution is -2.41. The lowest BCUT2D eigenvalue weighted by Gasteiger charge is -2.07. The first kappa shape index (κ1) is 18.8. The molecule has 2 N–H and O–H groups in total. The van der Waals surface area contributed by atoms with Gasteiger partial charge < -0.3 is 0 Å². The Labute approximate surface area is 160 Å². The van der Waals surface area contributed by atoms with Crippen molar-refractivity contribution in [2.45, 2.75) is 12.8 Å². The summed E-state index contributed by atoms with van der Waals surface area (Å²) in [6, 6.07) is 14.7. The molecule has 0 spiro atoms. The van der Waals surface area contributed by atoms with Crippen LogP contribution in [0.2, 0.25) is 0 Å². The van der Waals surface area contributed by atoms with Gasteiger partial charge in [0.2, 0.25) is 5.91 Å². The zero-order valence-electron chi connectivity index (χ0n) is 14.7. The van der Waals surface area contributed by atoms with Crippen molar-refractivity contribution in [3.8, 4) is 5.69 Å². The molecule has 0 fully saturated rings. The molecule has 2 aromatic carbocycles. The number of nitro groups is 1. The minimum atomic E-state index is -0.555. The van der Waals surface area contributed by atoms with Gasteiger partial charge in [0.15, 0.2) is 0 Å². The van der Waals surface area contributed by atoms with Crippen LogP contribution in [-0.4, -0.2) is 26.5 Å². The topological polar surface area (TPSA) is 119 Å².